The third-order valence-electron chi connectivity index (χ3n) is 1.68. The highest BCUT2D eigenvalue weighted by Crippen LogP contribution is 2.10. The summed E-state index contributed by atoms with van der Waals surface area (Å²) >= 11 is 1.25. The Balaban J connectivity index is 2.88. The van der Waals surface area contributed by atoms with Gasteiger partial charge in [0, 0.05) is 11.9 Å². The summed E-state index contributed by atoms with van der Waals surface area (Å²) in [6.45, 7) is 1.98. The molecular weight excluding hydrogens is 182 g/mol. The van der Waals surface area contributed by atoms with E-state index in [0.29, 0.717) is 11.4 Å². The molecule has 0 aliphatic carbocycles. The molecule has 0 saturated carbocycles. The summed E-state index contributed by atoms with van der Waals surface area (Å²) in [5, 5.41) is 5.29. The molecule has 70 valence electrons. The summed E-state index contributed by atoms with van der Waals surface area (Å²) in [6.07, 6.45) is 3.61. The number of rotatable bonds is 3. The fourth-order valence-corrected chi connectivity index (χ4v) is 1.30. The van der Waals surface area contributed by atoms with E-state index in [-0.39, 0.29) is 0 Å². The number of nitrogens with zero attached hydrogens (tertiary/aromatic N) is 1. The molecule has 0 aliphatic heterocycles. The van der Waals surface area contributed by atoms with E-state index in [1.165, 1.54) is 11.9 Å². The van der Waals surface area contributed by atoms with E-state index in [9.17, 15) is 0 Å². The molecule has 4 N–H and O–H groups in total. The zero-order chi connectivity index (χ0) is 9.68. The Morgan fingerprint density at radius 2 is 2.46 bits per heavy atom. The highest BCUT2D eigenvalue weighted by molar-refractivity contribution is 7.97. The summed E-state index contributed by atoms with van der Waals surface area (Å²) in [6, 6.07) is 3.88. The number of pyridine rings is 1. The maximum absolute atomic E-state index is 5.81. The Morgan fingerprint density at radius 3 is 3.08 bits per heavy atom. The molecule has 1 rings (SSSR count). The van der Waals surface area contributed by atoms with E-state index in [4.69, 9.17) is 10.9 Å². The van der Waals surface area contributed by atoms with E-state index in [1.807, 2.05) is 25.1 Å². The minimum atomic E-state index is 0.691. The normalized spacial score (nSPS) is 11.7. The van der Waals surface area contributed by atoms with E-state index in [0.717, 1.165) is 11.3 Å². The fourth-order valence-electron chi connectivity index (χ4n) is 1.02. The molecule has 1 aromatic heterocycles. The van der Waals surface area contributed by atoms with Crippen LogP contribution in [0.2, 0.25) is 0 Å². The van der Waals surface area contributed by atoms with E-state index >= 15 is 0 Å². The first-order valence-corrected chi connectivity index (χ1v) is 5.00. The van der Waals surface area contributed by atoms with Crippen molar-refractivity contribution in [2.24, 2.45) is 10.9 Å². The van der Waals surface area contributed by atoms with Crippen LogP contribution in [-0.4, -0.2) is 10.7 Å². The zero-order valence-electron chi connectivity index (χ0n) is 7.53. The summed E-state index contributed by atoms with van der Waals surface area (Å²) in [5.74, 6) is 0.710. The topological polar surface area (TPSA) is 64.9 Å². The number of hydrogen-bond donors (Lipinski definition) is 2. The molecule has 4 heteroatoms. The smallest absolute Gasteiger partial charge is 0.0884 e. The lowest BCUT2D eigenvalue weighted by molar-refractivity contribution is 1.20. The van der Waals surface area contributed by atoms with Gasteiger partial charge in [-0.15, -0.1) is 0 Å². The van der Waals surface area contributed by atoms with Crippen LogP contribution in [0.15, 0.2) is 24.4 Å². The average Bonchev–Trinajstić information content (AvgIpc) is 2.15. The minimum Gasteiger partial charge on any atom is -0.397 e. The van der Waals surface area contributed by atoms with Gasteiger partial charge in [-0.1, -0.05) is 18.0 Å². The highest BCUT2D eigenvalue weighted by atomic mass is 32.2. The van der Waals surface area contributed by atoms with Crippen LogP contribution in [0.5, 0.6) is 0 Å². The van der Waals surface area contributed by atoms with Crippen LogP contribution in [0.4, 0.5) is 0 Å². The van der Waals surface area contributed by atoms with Crippen molar-refractivity contribution in [3.05, 3.63) is 35.7 Å². The van der Waals surface area contributed by atoms with Crippen molar-refractivity contribution in [1.82, 2.24) is 4.98 Å². The molecular formula is C9H13N3S. The molecule has 0 bridgehead atoms. The molecule has 13 heavy (non-hydrogen) atoms. The zero-order valence-corrected chi connectivity index (χ0v) is 8.34. The quantitative estimate of drug-likeness (QED) is 0.713. The largest absolute Gasteiger partial charge is 0.397 e. The molecule has 1 aromatic rings. The van der Waals surface area contributed by atoms with Gasteiger partial charge in [-0.25, -0.2) is 0 Å². The third-order valence-corrected chi connectivity index (χ3v) is 2.04. The summed E-state index contributed by atoms with van der Waals surface area (Å²) in [5.41, 5.74) is 8.43. The van der Waals surface area contributed by atoms with Crippen LogP contribution < -0.4 is 10.9 Å². The molecule has 0 aromatic carbocycles. The molecule has 0 aliphatic rings. The predicted octanol–water partition coefficient (Wildman–Crippen LogP) is 1.30. The van der Waals surface area contributed by atoms with Gasteiger partial charge in [0.2, 0.25) is 0 Å². The first-order chi connectivity index (χ1) is 6.25. The first-order valence-electron chi connectivity index (χ1n) is 3.95. The van der Waals surface area contributed by atoms with Crippen LogP contribution in [0, 0.1) is 6.92 Å². The molecule has 1 heterocycles. The van der Waals surface area contributed by atoms with Gasteiger partial charge in [-0.2, -0.15) is 0 Å². The Morgan fingerprint density at radius 1 is 1.69 bits per heavy atom. The number of aryl methyl sites for hydroxylation is 1. The van der Waals surface area contributed by atoms with Gasteiger partial charge >= 0.3 is 0 Å². The Bertz CT molecular complexity index is 309. The Labute approximate surface area is 82.4 Å². The molecule has 3 nitrogen and oxygen atoms in total. The second-order valence-corrected chi connectivity index (χ2v) is 3.33. The van der Waals surface area contributed by atoms with Crippen molar-refractivity contribution in [1.29, 1.82) is 0 Å². The summed E-state index contributed by atoms with van der Waals surface area (Å²) in [7, 11) is 0. The van der Waals surface area contributed by atoms with Crippen molar-refractivity contribution in [2.45, 2.75) is 6.92 Å². The van der Waals surface area contributed by atoms with Crippen molar-refractivity contribution >= 4 is 17.6 Å². The standard InChI is InChI=1S/C9H13N3S/c1-7-3-2-5-12-9(7)8(10)4-6-13-11/h2-5H,6,10-11H2,1H3/b8-4-. The second-order valence-electron chi connectivity index (χ2n) is 2.66. The molecule has 0 spiro atoms. The van der Waals surface area contributed by atoms with Crippen molar-refractivity contribution in [2.75, 3.05) is 5.75 Å². The molecule has 0 fully saturated rings. The highest BCUT2D eigenvalue weighted by Gasteiger charge is 2.00. The van der Waals surface area contributed by atoms with Gasteiger partial charge in [0.1, 0.15) is 0 Å². The van der Waals surface area contributed by atoms with E-state index in [2.05, 4.69) is 4.98 Å². The monoisotopic (exact) mass is 195 g/mol. The van der Waals surface area contributed by atoms with Crippen molar-refractivity contribution < 1.29 is 0 Å². The number of hydrogen-bond acceptors (Lipinski definition) is 4. The van der Waals surface area contributed by atoms with Crippen LogP contribution in [-0.2, 0) is 0 Å². The van der Waals surface area contributed by atoms with Crippen LogP contribution in [0.25, 0.3) is 5.70 Å². The molecule has 0 unspecified atom stereocenters. The van der Waals surface area contributed by atoms with E-state index in [1.54, 1.807) is 6.20 Å². The maximum Gasteiger partial charge on any atom is 0.0884 e. The lowest BCUT2D eigenvalue weighted by Gasteiger charge is -2.03. The van der Waals surface area contributed by atoms with Gasteiger partial charge < -0.3 is 5.73 Å². The third kappa shape index (κ3) is 2.75. The number of nitrogens with two attached hydrogens (primary N) is 2. The SMILES string of the molecule is Cc1cccnc1/C(N)=C/CSN. The second kappa shape index (κ2) is 4.89. The minimum absolute atomic E-state index is 0.691. The maximum atomic E-state index is 5.81. The van der Waals surface area contributed by atoms with Gasteiger partial charge in [-0.05, 0) is 24.6 Å². The molecule has 0 radical (unpaired) electrons. The Kier molecular flexibility index (Phi) is 3.79. The van der Waals surface area contributed by atoms with Gasteiger partial charge in [0.15, 0.2) is 0 Å². The lowest BCUT2D eigenvalue weighted by atomic mass is 10.2. The van der Waals surface area contributed by atoms with Gasteiger partial charge in [-0.3, -0.25) is 10.1 Å². The van der Waals surface area contributed by atoms with Crippen molar-refractivity contribution in [3.8, 4) is 0 Å². The lowest BCUT2D eigenvalue weighted by Crippen LogP contribution is -2.02. The molecule has 0 atom stereocenters. The summed E-state index contributed by atoms with van der Waals surface area (Å²) in [4.78, 5) is 4.19. The average molecular weight is 195 g/mol. The van der Waals surface area contributed by atoms with Crippen LogP contribution in [0.1, 0.15) is 11.3 Å². The fraction of sp³-hybridized carbons (Fsp3) is 0.222. The predicted molar refractivity (Wildman–Crippen MR) is 57.8 cm³/mol. The molecule has 0 amide bonds. The molecule has 0 saturated heterocycles. The van der Waals surface area contributed by atoms with Gasteiger partial charge in [0.25, 0.3) is 0 Å². The van der Waals surface area contributed by atoms with Crippen LogP contribution >= 0.6 is 11.9 Å². The van der Waals surface area contributed by atoms with Gasteiger partial charge in [0.05, 0.1) is 11.4 Å². The first kappa shape index (κ1) is 10.1. The van der Waals surface area contributed by atoms with Crippen molar-refractivity contribution in [3.63, 3.8) is 0 Å². The Hall–Kier alpha value is -1.00. The van der Waals surface area contributed by atoms with E-state index < -0.39 is 0 Å². The summed E-state index contributed by atoms with van der Waals surface area (Å²) < 4.78 is 0. The van der Waals surface area contributed by atoms with Crippen LogP contribution in [0.3, 0.4) is 0 Å². The number of aromatic nitrogens is 1.